The summed E-state index contributed by atoms with van der Waals surface area (Å²) in [6, 6.07) is 15.8. The molecule has 4 nitrogen and oxygen atoms in total. The number of benzene rings is 2. The molecule has 156 valence electrons. The molecule has 3 aromatic rings. The van der Waals surface area contributed by atoms with Gasteiger partial charge in [0.1, 0.15) is 4.88 Å². The van der Waals surface area contributed by atoms with Gasteiger partial charge in [0.15, 0.2) is 0 Å². The van der Waals surface area contributed by atoms with Crippen LogP contribution in [0.4, 0.5) is 5.00 Å². The molecular formula is C23H22Cl2N2O2S. The molecule has 4 rings (SSSR count). The number of nitrogens with zero attached hydrogens (tertiary/aromatic N) is 1. The number of thiophene rings is 1. The van der Waals surface area contributed by atoms with Gasteiger partial charge in [-0.25, -0.2) is 0 Å². The standard InChI is InChI=1S/C23H22Cl2N2O2S/c1-14-20(18-8-7-16(24)12-19(18)25)21(22(26)28)30-23(14)27-9-10-29-13-17(27)11-15-5-3-2-4-6-15/h2-8,12,17H,9-11,13H2,1H3,(H2,26,28)/t17-/m0/s1. The van der Waals surface area contributed by atoms with E-state index in [-0.39, 0.29) is 6.04 Å². The number of hydrogen-bond acceptors (Lipinski definition) is 4. The van der Waals surface area contributed by atoms with Crippen molar-refractivity contribution in [2.45, 2.75) is 19.4 Å². The van der Waals surface area contributed by atoms with Crippen LogP contribution in [0.15, 0.2) is 48.5 Å². The Morgan fingerprint density at radius 2 is 2.00 bits per heavy atom. The zero-order valence-corrected chi connectivity index (χ0v) is 18.9. The topological polar surface area (TPSA) is 55.6 Å². The molecule has 1 aliphatic heterocycles. The van der Waals surface area contributed by atoms with Gasteiger partial charge in [0, 0.05) is 27.7 Å². The second-order valence-electron chi connectivity index (χ2n) is 7.34. The lowest BCUT2D eigenvalue weighted by Gasteiger charge is -2.37. The first-order valence-electron chi connectivity index (χ1n) is 9.72. The Morgan fingerprint density at radius 3 is 2.70 bits per heavy atom. The SMILES string of the molecule is Cc1c(N2CCOC[C@@H]2Cc2ccccc2)sc(C(N)=O)c1-c1ccc(Cl)cc1Cl. The van der Waals surface area contributed by atoms with Crippen molar-refractivity contribution in [3.63, 3.8) is 0 Å². The Kier molecular flexibility index (Phi) is 6.34. The van der Waals surface area contributed by atoms with E-state index in [1.54, 1.807) is 12.1 Å². The molecule has 1 aromatic heterocycles. The van der Waals surface area contributed by atoms with Crippen LogP contribution >= 0.6 is 34.5 Å². The van der Waals surface area contributed by atoms with Gasteiger partial charge in [-0.05, 0) is 36.6 Å². The Bertz CT molecular complexity index is 1070. The predicted octanol–water partition coefficient (Wildman–Crippen LogP) is 5.58. The van der Waals surface area contributed by atoms with Crippen LogP contribution in [0.5, 0.6) is 0 Å². The van der Waals surface area contributed by atoms with Gasteiger partial charge in [0.2, 0.25) is 0 Å². The van der Waals surface area contributed by atoms with Crippen LogP contribution in [0, 0.1) is 6.92 Å². The van der Waals surface area contributed by atoms with Gasteiger partial charge in [-0.15, -0.1) is 11.3 Å². The lowest BCUT2D eigenvalue weighted by molar-refractivity contribution is 0.0944. The summed E-state index contributed by atoms with van der Waals surface area (Å²) in [5, 5.41) is 2.09. The molecule has 1 fully saturated rings. The van der Waals surface area contributed by atoms with Crippen LogP contribution in [0.2, 0.25) is 10.0 Å². The fourth-order valence-electron chi connectivity index (χ4n) is 3.94. The Balaban J connectivity index is 1.77. The molecule has 1 amide bonds. The summed E-state index contributed by atoms with van der Waals surface area (Å²) in [6.07, 6.45) is 0.862. The van der Waals surface area contributed by atoms with Crippen LogP contribution in [0.1, 0.15) is 20.8 Å². The number of hydrogen-bond donors (Lipinski definition) is 1. The number of ether oxygens (including phenoxy) is 1. The molecule has 0 unspecified atom stereocenters. The minimum Gasteiger partial charge on any atom is -0.377 e. The lowest BCUT2D eigenvalue weighted by Crippen LogP contribution is -2.46. The van der Waals surface area contributed by atoms with Crippen molar-refractivity contribution in [3.8, 4) is 11.1 Å². The fourth-order valence-corrected chi connectivity index (χ4v) is 5.72. The average Bonchev–Trinajstić information content (AvgIpc) is 3.06. The first kappa shape index (κ1) is 21.2. The van der Waals surface area contributed by atoms with Crippen molar-refractivity contribution in [1.82, 2.24) is 0 Å². The smallest absolute Gasteiger partial charge is 0.259 e. The van der Waals surface area contributed by atoms with Crippen LogP contribution in [0.25, 0.3) is 11.1 Å². The zero-order valence-electron chi connectivity index (χ0n) is 16.5. The van der Waals surface area contributed by atoms with Crippen molar-refractivity contribution in [1.29, 1.82) is 0 Å². The Labute approximate surface area is 190 Å². The quantitative estimate of drug-likeness (QED) is 0.540. The maximum Gasteiger partial charge on any atom is 0.259 e. The molecule has 2 aromatic carbocycles. The normalized spacial score (nSPS) is 16.6. The summed E-state index contributed by atoms with van der Waals surface area (Å²) in [6.45, 7) is 4.05. The van der Waals surface area contributed by atoms with Crippen LogP contribution < -0.4 is 10.6 Å². The highest BCUT2D eigenvalue weighted by molar-refractivity contribution is 7.18. The van der Waals surface area contributed by atoms with E-state index >= 15 is 0 Å². The largest absolute Gasteiger partial charge is 0.377 e. The minimum absolute atomic E-state index is 0.174. The van der Waals surface area contributed by atoms with E-state index in [0.29, 0.717) is 28.1 Å². The monoisotopic (exact) mass is 460 g/mol. The molecule has 1 aliphatic rings. The average molecular weight is 461 g/mol. The van der Waals surface area contributed by atoms with E-state index in [4.69, 9.17) is 33.7 Å². The highest BCUT2D eigenvalue weighted by Crippen LogP contribution is 2.45. The third-order valence-electron chi connectivity index (χ3n) is 5.35. The number of nitrogens with two attached hydrogens (primary N) is 1. The third kappa shape index (κ3) is 4.21. The van der Waals surface area contributed by atoms with E-state index in [1.807, 2.05) is 31.2 Å². The van der Waals surface area contributed by atoms with Crippen molar-refractivity contribution >= 4 is 45.4 Å². The van der Waals surface area contributed by atoms with Crippen LogP contribution in [-0.2, 0) is 11.2 Å². The fraction of sp³-hybridized carbons (Fsp3) is 0.261. The van der Waals surface area contributed by atoms with Gasteiger partial charge in [0.25, 0.3) is 5.91 Å². The van der Waals surface area contributed by atoms with Gasteiger partial charge < -0.3 is 15.4 Å². The van der Waals surface area contributed by atoms with E-state index in [0.717, 1.165) is 34.7 Å². The minimum atomic E-state index is -0.455. The van der Waals surface area contributed by atoms with Crippen molar-refractivity contribution in [2.75, 3.05) is 24.7 Å². The van der Waals surface area contributed by atoms with Gasteiger partial charge in [0.05, 0.1) is 24.3 Å². The third-order valence-corrected chi connectivity index (χ3v) is 7.24. The molecule has 2 N–H and O–H groups in total. The van der Waals surface area contributed by atoms with Crippen LogP contribution in [-0.4, -0.2) is 31.7 Å². The summed E-state index contributed by atoms with van der Waals surface area (Å²) in [4.78, 5) is 15.2. The van der Waals surface area contributed by atoms with Gasteiger partial charge in [-0.2, -0.15) is 0 Å². The van der Waals surface area contributed by atoms with Crippen LogP contribution in [0.3, 0.4) is 0 Å². The first-order valence-corrected chi connectivity index (χ1v) is 11.3. The Morgan fingerprint density at radius 1 is 1.23 bits per heavy atom. The van der Waals surface area contributed by atoms with E-state index < -0.39 is 5.91 Å². The molecule has 7 heteroatoms. The first-order chi connectivity index (χ1) is 14.5. The predicted molar refractivity (Wildman–Crippen MR) is 125 cm³/mol. The molecule has 0 bridgehead atoms. The zero-order chi connectivity index (χ0) is 21.3. The molecule has 1 saturated heterocycles. The molecule has 0 aliphatic carbocycles. The van der Waals surface area contributed by atoms with Crippen molar-refractivity contribution in [2.24, 2.45) is 5.73 Å². The summed E-state index contributed by atoms with van der Waals surface area (Å²) in [5.74, 6) is -0.455. The number of anilines is 1. The maximum atomic E-state index is 12.3. The number of rotatable bonds is 5. The highest BCUT2D eigenvalue weighted by Gasteiger charge is 2.30. The number of morpholine rings is 1. The van der Waals surface area contributed by atoms with E-state index in [9.17, 15) is 4.79 Å². The Hall–Kier alpha value is -2.05. The summed E-state index contributed by atoms with van der Waals surface area (Å²) in [5.41, 5.74) is 9.56. The maximum absolute atomic E-state index is 12.3. The molecule has 0 radical (unpaired) electrons. The van der Waals surface area contributed by atoms with E-state index in [2.05, 4.69) is 17.0 Å². The second kappa shape index (κ2) is 8.98. The molecule has 0 saturated carbocycles. The molecular weight excluding hydrogens is 439 g/mol. The van der Waals surface area contributed by atoms with Gasteiger partial charge in [-0.3, -0.25) is 4.79 Å². The number of primary amides is 1. The number of amides is 1. The molecule has 1 atom stereocenters. The van der Waals surface area contributed by atoms with Crippen molar-refractivity contribution in [3.05, 3.63) is 74.6 Å². The number of carbonyl (C=O) groups excluding carboxylic acids is 1. The summed E-state index contributed by atoms with van der Waals surface area (Å²) in [7, 11) is 0. The van der Waals surface area contributed by atoms with Gasteiger partial charge in [-0.1, -0.05) is 59.6 Å². The molecule has 30 heavy (non-hydrogen) atoms. The summed E-state index contributed by atoms with van der Waals surface area (Å²) >= 11 is 14.0. The number of halogens is 2. The highest BCUT2D eigenvalue weighted by atomic mass is 35.5. The molecule has 2 heterocycles. The number of carbonyl (C=O) groups is 1. The van der Waals surface area contributed by atoms with E-state index in [1.165, 1.54) is 16.9 Å². The summed E-state index contributed by atoms with van der Waals surface area (Å²) < 4.78 is 5.78. The van der Waals surface area contributed by atoms with Gasteiger partial charge >= 0.3 is 0 Å². The second-order valence-corrected chi connectivity index (χ2v) is 9.18. The molecule has 0 spiro atoms. The lowest BCUT2D eigenvalue weighted by atomic mass is 10.00. The van der Waals surface area contributed by atoms with Crippen molar-refractivity contribution < 1.29 is 9.53 Å².